The van der Waals surface area contributed by atoms with Gasteiger partial charge in [-0.2, -0.15) is 0 Å². The molecule has 0 saturated carbocycles. The highest BCUT2D eigenvalue weighted by Gasteiger charge is 2.33. The van der Waals surface area contributed by atoms with Crippen LogP contribution in [0.4, 0.5) is 0 Å². The molecule has 148 valence electrons. The van der Waals surface area contributed by atoms with Gasteiger partial charge in [-0.15, -0.1) is 11.3 Å². The molecule has 1 fully saturated rings. The summed E-state index contributed by atoms with van der Waals surface area (Å²) < 4.78 is 11.1. The number of ether oxygens (including phenoxy) is 2. The molecule has 1 atom stereocenters. The number of thiophene rings is 1. The Hall–Kier alpha value is -2.25. The molecular weight excluding hydrogens is 400 g/mol. The minimum atomic E-state index is -0.448. The van der Waals surface area contributed by atoms with Crippen LogP contribution in [0.3, 0.4) is 0 Å². The molecule has 1 unspecified atom stereocenters. The zero-order chi connectivity index (χ0) is 19.5. The minimum absolute atomic E-state index is 0.0720. The molecule has 2 aliphatic rings. The van der Waals surface area contributed by atoms with Crippen molar-refractivity contribution in [2.75, 3.05) is 19.8 Å². The fourth-order valence-corrected chi connectivity index (χ4v) is 4.53. The molecule has 2 amide bonds. The lowest BCUT2D eigenvalue weighted by Crippen LogP contribution is -2.51. The normalized spacial score (nSPS) is 18.6. The Kier molecular flexibility index (Phi) is 5.73. The number of amides is 2. The fraction of sp³-hybridized carbons (Fsp3) is 0.400. The lowest BCUT2D eigenvalue weighted by Gasteiger charge is -2.34. The van der Waals surface area contributed by atoms with Gasteiger partial charge < -0.3 is 19.7 Å². The van der Waals surface area contributed by atoms with E-state index in [1.165, 1.54) is 11.3 Å². The van der Waals surface area contributed by atoms with E-state index >= 15 is 0 Å². The predicted octanol–water partition coefficient (Wildman–Crippen LogP) is 3.48. The van der Waals surface area contributed by atoms with Crippen molar-refractivity contribution in [1.29, 1.82) is 0 Å². The average Bonchev–Trinajstić information content (AvgIpc) is 3.26. The van der Waals surface area contributed by atoms with Gasteiger partial charge in [0.15, 0.2) is 11.5 Å². The topological polar surface area (TPSA) is 67.9 Å². The first-order valence-corrected chi connectivity index (χ1v) is 10.6. The van der Waals surface area contributed by atoms with Crippen LogP contribution in [-0.4, -0.2) is 42.5 Å². The summed E-state index contributed by atoms with van der Waals surface area (Å²) in [6.45, 7) is 1.86. The zero-order valence-electron chi connectivity index (χ0n) is 15.3. The summed E-state index contributed by atoms with van der Waals surface area (Å²) in [5.74, 6) is 0.922. The molecule has 4 rings (SSSR count). The van der Waals surface area contributed by atoms with Crippen molar-refractivity contribution in [3.05, 3.63) is 45.1 Å². The Bertz CT molecular complexity index is 871. The molecule has 1 N–H and O–H groups in total. The van der Waals surface area contributed by atoms with Crippen molar-refractivity contribution < 1.29 is 19.1 Å². The molecule has 1 aromatic heterocycles. The van der Waals surface area contributed by atoms with Crippen molar-refractivity contribution >= 4 is 34.8 Å². The van der Waals surface area contributed by atoms with E-state index in [9.17, 15) is 9.59 Å². The van der Waals surface area contributed by atoms with Gasteiger partial charge in [-0.05, 0) is 48.4 Å². The molecule has 0 bridgehead atoms. The van der Waals surface area contributed by atoms with Crippen LogP contribution >= 0.6 is 22.9 Å². The maximum absolute atomic E-state index is 12.8. The minimum Gasteiger partial charge on any atom is -0.486 e. The van der Waals surface area contributed by atoms with Crippen molar-refractivity contribution in [3.63, 3.8) is 0 Å². The number of carbonyl (C=O) groups is 2. The monoisotopic (exact) mass is 420 g/mol. The second kappa shape index (κ2) is 8.41. The Balaban J connectivity index is 1.44. The summed E-state index contributed by atoms with van der Waals surface area (Å²) in [5.41, 5.74) is 0.828. The number of nitrogens with one attached hydrogen (secondary N) is 1. The first-order chi connectivity index (χ1) is 13.6. The van der Waals surface area contributed by atoms with E-state index in [0.717, 1.165) is 18.4 Å². The van der Waals surface area contributed by atoms with E-state index in [1.807, 2.05) is 17.5 Å². The summed E-state index contributed by atoms with van der Waals surface area (Å²) in [6.07, 6.45) is 2.52. The number of halogens is 1. The summed E-state index contributed by atoms with van der Waals surface area (Å²) >= 11 is 7.66. The molecule has 6 nitrogen and oxygen atoms in total. The first-order valence-electron chi connectivity index (χ1n) is 9.33. The SMILES string of the molecule is O=C(NCc1cc(Cl)c2c(c1)OCCO2)C1CCCCN1C(=O)c1cccs1. The Morgan fingerprint density at radius 1 is 1.25 bits per heavy atom. The van der Waals surface area contributed by atoms with Gasteiger partial charge in [0.2, 0.25) is 5.91 Å². The number of benzene rings is 1. The van der Waals surface area contributed by atoms with Gasteiger partial charge in [0.25, 0.3) is 5.91 Å². The van der Waals surface area contributed by atoms with Crippen LogP contribution in [0.25, 0.3) is 0 Å². The fourth-order valence-electron chi connectivity index (χ4n) is 3.56. The van der Waals surface area contributed by atoms with Gasteiger partial charge in [0.05, 0.1) is 9.90 Å². The summed E-state index contributed by atoms with van der Waals surface area (Å²) in [6, 6.07) is 6.80. The number of hydrogen-bond donors (Lipinski definition) is 1. The van der Waals surface area contributed by atoms with Crippen LogP contribution in [-0.2, 0) is 11.3 Å². The lowest BCUT2D eigenvalue weighted by atomic mass is 10.0. The zero-order valence-corrected chi connectivity index (χ0v) is 16.9. The highest BCUT2D eigenvalue weighted by molar-refractivity contribution is 7.12. The Labute approximate surface area is 172 Å². The molecule has 2 aliphatic heterocycles. The molecule has 0 radical (unpaired) electrons. The molecule has 3 heterocycles. The Morgan fingerprint density at radius 2 is 2.11 bits per heavy atom. The van der Waals surface area contributed by atoms with Gasteiger partial charge in [-0.1, -0.05) is 17.7 Å². The van der Waals surface area contributed by atoms with Crippen molar-refractivity contribution in [3.8, 4) is 11.5 Å². The molecule has 2 aromatic rings. The maximum Gasteiger partial charge on any atom is 0.264 e. The van der Waals surface area contributed by atoms with Gasteiger partial charge in [-0.3, -0.25) is 9.59 Å². The van der Waals surface area contributed by atoms with Crippen LogP contribution in [0, 0.1) is 0 Å². The van der Waals surface area contributed by atoms with E-state index in [0.29, 0.717) is 54.1 Å². The second-order valence-corrected chi connectivity index (χ2v) is 8.16. The molecule has 8 heteroatoms. The number of rotatable bonds is 4. The van der Waals surface area contributed by atoms with Crippen LogP contribution in [0.1, 0.15) is 34.5 Å². The third-order valence-corrected chi connectivity index (χ3v) is 6.06. The molecular formula is C20H21ClN2O4S. The van der Waals surface area contributed by atoms with Gasteiger partial charge in [-0.25, -0.2) is 0 Å². The predicted molar refractivity (Wildman–Crippen MR) is 107 cm³/mol. The highest BCUT2D eigenvalue weighted by atomic mass is 35.5. The van der Waals surface area contributed by atoms with Gasteiger partial charge in [0.1, 0.15) is 19.3 Å². The van der Waals surface area contributed by atoms with Crippen LogP contribution in [0.2, 0.25) is 5.02 Å². The molecule has 1 aromatic carbocycles. The third kappa shape index (κ3) is 3.95. The van der Waals surface area contributed by atoms with E-state index < -0.39 is 6.04 Å². The number of hydrogen-bond acceptors (Lipinski definition) is 5. The average molecular weight is 421 g/mol. The second-order valence-electron chi connectivity index (χ2n) is 6.81. The number of nitrogens with zero attached hydrogens (tertiary/aromatic N) is 1. The molecule has 1 saturated heterocycles. The first kappa shape index (κ1) is 19.1. The smallest absolute Gasteiger partial charge is 0.264 e. The largest absolute Gasteiger partial charge is 0.486 e. The molecule has 0 aliphatic carbocycles. The molecule has 0 spiro atoms. The third-order valence-electron chi connectivity index (χ3n) is 4.92. The van der Waals surface area contributed by atoms with E-state index in [4.69, 9.17) is 21.1 Å². The van der Waals surface area contributed by atoms with Gasteiger partial charge >= 0.3 is 0 Å². The summed E-state index contributed by atoms with van der Waals surface area (Å²) in [4.78, 5) is 28.0. The summed E-state index contributed by atoms with van der Waals surface area (Å²) in [5, 5.41) is 5.29. The van der Waals surface area contributed by atoms with Crippen LogP contribution in [0.15, 0.2) is 29.6 Å². The lowest BCUT2D eigenvalue weighted by molar-refractivity contribution is -0.126. The maximum atomic E-state index is 12.8. The van der Waals surface area contributed by atoms with Crippen LogP contribution < -0.4 is 14.8 Å². The van der Waals surface area contributed by atoms with Crippen LogP contribution in [0.5, 0.6) is 11.5 Å². The number of carbonyl (C=O) groups excluding carboxylic acids is 2. The quantitative estimate of drug-likeness (QED) is 0.822. The standard InChI is InChI=1S/C20H21ClN2O4S/c21-14-10-13(11-16-18(14)27-8-7-26-16)12-22-19(24)15-4-1-2-6-23(15)20(25)17-5-3-9-28-17/h3,5,9-11,15H,1-2,4,6-8,12H2,(H,22,24). The van der Waals surface area contributed by atoms with Crippen molar-refractivity contribution in [2.45, 2.75) is 31.8 Å². The summed E-state index contributed by atoms with van der Waals surface area (Å²) in [7, 11) is 0. The van der Waals surface area contributed by atoms with Crippen molar-refractivity contribution in [2.24, 2.45) is 0 Å². The number of likely N-dealkylation sites (tertiary alicyclic amines) is 1. The van der Waals surface area contributed by atoms with E-state index in [2.05, 4.69) is 5.32 Å². The van der Waals surface area contributed by atoms with E-state index in [1.54, 1.807) is 17.0 Å². The van der Waals surface area contributed by atoms with Crippen molar-refractivity contribution in [1.82, 2.24) is 10.2 Å². The van der Waals surface area contributed by atoms with E-state index in [-0.39, 0.29) is 11.8 Å². The number of piperidine rings is 1. The molecule has 28 heavy (non-hydrogen) atoms. The number of fused-ring (bicyclic) bond motifs is 1. The Morgan fingerprint density at radius 3 is 2.93 bits per heavy atom. The van der Waals surface area contributed by atoms with Gasteiger partial charge in [0, 0.05) is 13.1 Å². The highest BCUT2D eigenvalue weighted by Crippen LogP contribution is 2.38.